The van der Waals surface area contributed by atoms with E-state index in [0.717, 1.165) is 24.3 Å². The van der Waals surface area contributed by atoms with Crippen LogP contribution in [0.5, 0.6) is 0 Å². The summed E-state index contributed by atoms with van der Waals surface area (Å²) < 4.78 is 0. The molecule has 0 aromatic carbocycles. The molecule has 1 heterocycles. The van der Waals surface area contributed by atoms with E-state index in [-0.39, 0.29) is 0 Å². The normalized spacial score (nSPS) is 26.6. The molecule has 3 heteroatoms. The maximum atomic E-state index is 4.62. The van der Waals surface area contributed by atoms with Gasteiger partial charge in [0.1, 0.15) is 5.82 Å². The van der Waals surface area contributed by atoms with E-state index in [1.807, 2.05) is 12.4 Å². The lowest BCUT2D eigenvalue weighted by Crippen LogP contribution is -2.17. The molecule has 0 aliphatic heterocycles. The van der Waals surface area contributed by atoms with Gasteiger partial charge in [-0.15, -0.1) is 0 Å². The molecule has 3 nitrogen and oxygen atoms in total. The van der Waals surface area contributed by atoms with Crippen LogP contribution in [0.15, 0.2) is 12.4 Å². The van der Waals surface area contributed by atoms with Gasteiger partial charge in [-0.1, -0.05) is 19.8 Å². The molecule has 0 spiro atoms. The van der Waals surface area contributed by atoms with Crippen LogP contribution >= 0.6 is 0 Å². The van der Waals surface area contributed by atoms with Gasteiger partial charge in [0.25, 0.3) is 0 Å². The number of hydrogen-bond donors (Lipinski definition) is 1. The predicted octanol–water partition coefficient (Wildman–Crippen LogP) is 3.80. The van der Waals surface area contributed by atoms with Gasteiger partial charge >= 0.3 is 0 Å². The standard InChI is InChI=1S/C17H27N3/c1-2-3-13-4-6-15(7-5-13)17-19-11-14(12-20-17)10-18-16-8-9-16/h11-13,15-16,18H,2-10H2,1H3. The molecule has 2 fully saturated rings. The lowest BCUT2D eigenvalue weighted by atomic mass is 9.80. The Balaban J connectivity index is 1.49. The third-order valence-electron chi connectivity index (χ3n) is 4.81. The molecular formula is C17H27N3. The van der Waals surface area contributed by atoms with Gasteiger partial charge in [-0.25, -0.2) is 9.97 Å². The average molecular weight is 273 g/mol. The van der Waals surface area contributed by atoms with Gasteiger partial charge in [0, 0.05) is 36.5 Å². The second-order valence-electron chi connectivity index (χ2n) is 6.61. The van der Waals surface area contributed by atoms with Crippen LogP contribution in [0.25, 0.3) is 0 Å². The third kappa shape index (κ3) is 3.78. The van der Waals surface area contributed by atoms with Crippen LogP contribution in [-0.2, 0) is 6.54 Å². The van der Waals surface area contributed by atoms with Crippen LogP contribution in [-0.4, -0.2) is 16.0 Å². The van der Waals surface area contributed by atoms with E-state index in [2.05, 4.69) is 22.2 Å². The molecule has 2 aliphatic rings. The van der Waals surface area contributed by atoms with Crippen molar-refractivity contribution in [3.63, 3.8) is 0 Å². The molecule has 0 bridgehead atoms. The zero-order chi connectivity index (χ0) is 13.8. The molecule has 2 aliphatic carbocycles. The Morgan fingerprint density at radius 3 is 2.35 bits per heavy atom. The highest BCUT2D eigenvalue weighted by atomic mass is 15.0. The summed E-state index contributed by atoms with van der Waals surface area (Å²) in [5, 5.41) is 3.51. The Bertz CT molecular complexity index is 403. The lowest BCUT2D eigenvalue weighted by Gasteiger charge is -2.27. The summed E-state index contributed by atoms with van der Waals surface area (Å²) in [6.07, 6.45) is 14.7. The fraction of sp³-hybridized carbons (Fsp3) is 0.765. The lowest BCUT2D eigenvalue weighted by molar-refractivity contribution is 0.302. The van der Waals surface area contributed by atoms with E-state index < -0.39 is 0 Å². The Morgan fingerprint density at radius 1 is 1.05 bits per heavy atom. The summed E-state index contributed by atoms with van der Waals surface area (Å²) in [4.78, 5) is 9.24. The third-order valence-corrected chi connectivity index (χ3v) is 4.81. The second kappa shape index (κ2) is 6.66. The molecule has 0 unspecified atom stereocenters. The van der Waals surface area contributed by atoms with E-state index in [1.165, 1.54) is 56.9 Å². The van der Waals surface area contributed by atoms with Gasteiger partial charge < -0.3 is 5.32 Å². The topological polar surface area (TPSA) is 37.8 Å². The molecule has 0 amide bonds. The first kappa shape index (κ1) is 14.0. The molecule has 1 aromatic rings. The maximum absolute atomic E-state index is 4.62. The minimum atomic E-state index is 0.605. The quantitative estimate of drug-likeness (QED) is 0.856. The number of hydrogen-bond acceptors (Lipinski definition) is 3. The van der Waals surface area contributed by atoms with Gasteiger partial charge in [-0.05, 0) is 44.4 Å². The van der Waals surface area contributed by atoms with Crippen molar-refractivity contribution in [1.29, 1.82) is 0 Å². The van der Waals surface area contributed by atoms with Crippen LogP contribution in [0.1, 0.15) is 75.6 Å². The zero-order valence-corrected chi connectivity index (χ0v) is 12.6. The molecule has 0 atom stereocenters. The van der Waals surface area contributed by atoms with E-state index in [1.54, 1.807) is 0 Å². The van der Waals surface area contributed by atoms with Crippen molar-refractivity contribution in [2.45, 2.75) is 76.8 Å². The molecular weight excluding hydrogens is 246 g/mol. The van der Waals surface area contributed by atoms with Crippen LogP contribution < -0.4 is 5.32 Å². The van der Waals surface area contributed by atoms with Crippen molar-refractivity contribution >= 4 is 0 Å². The monoisotopic (exact) mass is 273 g/mol. The first-order valence-electron chi connectivity index (χ1n) is 8.39. The molecule has 20 heavy (non-hydrogen) atoms. The van der Waals surface area contributed by atoms with Gasteiger partial charge in [-0.3, -0.25) is 0 Å². The van der Waals surface area contributed by atoms with Crippen molar-refractivity contribution in [1.82, 2.24) is 15.3 Å². The second-order valence-corrected chi connectivity index (χ2v) is 6.61. The van der Waals surface area contributed by atoms with Crippen molar-refractivity contribution in [3.05, 3.63) is 23.8 Å². The van der Waals surface area contributed by atoms with Crippen molar-refractivity contribution in [2.24, 2.45) is 5.92 Å². The van der Waals surface area contributed by atoms with Gasteiger partial charge in [0.05, 0.1) is 0 Å². The fourth-order valence-corrected chi connectivity index (χ4v) is 3.33. The molecule has 110 valence electrons. The SMILES string of the molecule is CCCC1CCC(c2ncc(CNC3CC3)cn2)CC1. The van der Waals surface area contributed by atoms with Crippen LogP contribution in [0.2, 0.25) is 0 Å². The van der Waals surface area contributed by atoms with Gasteiger partial charge in [-0.2, -0.15) is 0 Å². The predicted molar refractivity (Wildman–Crippen MR) is 81.5 cm³/mol. The average Bonchev–Trinajstić information content (AvgIpc) is 3.31. The first-order valence-corrected chi connectivity index (χ1v) is 8.39. The number of rotatable bonds is 6. The van der Waals surface area contributed by atoms with Gasteiger partial charge in [0.15, 0.2) is 0 Å². The van der Waals surface area contributed by atoms with E-state index in [0.29, 0.717) is 5.92 Å². The largest absolute Gasteiger partial charge is 0.310 e. The zero-order valence-electron chi connectivity index (χ0n) is 12.6. The highest BCUT2D eigenvalue weighted by molar-refractivity contribution is 5.08. The summed E-state index contributed by atoms with van der Waals surface area (Å²) in [5.41, 5.74) is 1.22. The first-order chi connectivity index (χ1) is 9.85. The summed E-state index contributed by atoms with van der Waals surface area (Å²) in [6.45, 7) is 3.22. The van der Waals surface area contributed by atoms with Gasteiger partial charge in [0.2, 0.25) is 0 Å². The number of aromatic nitrogens is 2. The number of nitrogens with zero attached hydrogens (tertiary/aromatic N) is 2. The summed E-state index contributed by atoms with van der Waals surface area (Å²) in [6, 6.07) is 0.753. The van der Waals surface area contributed by atoms with E-state index in [9.17, 15) is 0 Å². The Labute approximate surface area is 122 Å². The van der Waals surface area contributed by atoms with Crippen LogP contribution in [0, 0.1) is 5.92 Å². The molecule has 3 rings (SSSR count). The Morgan fingerprint density at radius 2 is 1.75 bits per heavy atom. The van der Waals surface area contributed by atoms with Crippen molar-refractivity contribution in [2.75, 3.05) is 0 Å². The maximum Gasteiger partial charge on any atom is 0.131 e. The van der Waals surface area contributed by atoms with Crippen molar-refractivity contribution in [3.8, 4) is 0 Å². The minimum absolute atomic E-state index is 0.605. The molecule has 1 aromatic heterocycles. The van der Waals surface area contributed by atoms with E-state index >= 15 is 0 Å². The van der Waals surface area contributed by atoms with E-state index in [4.69, 9.17) is 0 Å². The summed E-state index contributed by atoms with van der Waals surface area (Å²) >= 11 is 0. The molecule has 0 saturated heterocycles. The number of nitrogens with one attached hydrogen (secondary N) is 1. The smallest absolute Gasteiger partial charge is 0.131 e. The summed E-state index contributed by atoms with van der Waals surface area (Å²) in [5.74, 6) is 2.64. The summed E-state index contributed by atoms with van der Waals surface area (Å²) in [7, 11) is 0. The molecule has 2 saturated carbocycles. The van der Waals surface area contributed by atoms with Crippen molar-refractivity contribution < 1.29 is 0 Å². The van der Waals surface area contributed by atoms with Crippen LogP contribution in [0.4, 0.5) is 0 Å². The minimum Gasteiger partial charge on any atom is -0.310 e. The Kier molecular flexibility index (Phi) is 4.66. The van der Waals surface area contributed by atoms with Crippen LogP contribution in [0.3, 0.4) is 0 Å². The highest BCUT2D eigenvalue weighted by Gasteiger charge is 2.24. The fourth-order valence-electron chi connectivity index (χ4n) is 3.33. The highest BCUT2D eigenvalue weighted by Crippen LogP contribution is 2.35. The Hall–Kier alpha value is -0.960. The molecule has 1 N–H and O–H groups in total. The molecule has 0 radical (unpaired) electrons.